The van der Waals surface area contributed by atoms with Crippen LogP contribution >= 0.6 is 0 Å². The summed E-state index contributed by atoms with van der Waals surface area (Å²) in [4.78, 5) is 0. The number of hydrogen-bond donors (Lipinski definition) is 4. The first kappa shape index (κ1) is 21.9. The summed E-state index contributed by atoms with van der Waals surface area (Å²) in [7, 11) is 0. The standard InChI is InChI=1S/C27H28O5/c28-23-10-4-18(5-11-23)2-1-3-21-16-22(26(31)19-6-12-24(29)13-7-19)17-32-27(21)20-8-14-25(30)15-9-20/h1-2,4-15,21-22,26-31H,3,16-17H2/b2-1+/t21?,22-,26?,27+/m1/s1. The van der Waals surface area contributed by atoms with Crippen LogP contribution in [0, 0.1) is 11.8 Å². The van der Waals surface area contributed by atoms with Gasteiger partial charge in [-0.15, -0.1) is 0 Å². The van der Waals surface area contributed by atoms with Crippen molar-refractivity contribution in [3.63, 3.8) is 0 Å². The molecule has 0 aliphatic carbocycles. The van der Waals surface area contributed by atoms with Crippen LogP contribution in [-0.2, 0) is 4.74 Å². The van der Waals surface area contributed by atoms with Crippen LogP contribution < -0.4 is 0 Å². The van der Waals surface area contributed by atoms with E-state index in [2.05, 4.69) is 6.08 Å². The molecule has 4 N–H and O–H groups in total. The lowest BCUT2D eigenvalue weighted by Gasteiger charge is -2.38. The van der Waals surface area contributed by atoms with Gasteiger partial charge in [-0.25, -0.2) is 0 Å². The Morgan fingerprint density at radius 3 is 2.00 bits per heavy atom. The minimum absolute atomic E-state index is 0.0695. The minimum atomic E-state index is -0.681. The SMILES string of the molecule is Oc1ccc(/C=C/CC2C[C@@H](C(O)c3ccc(O)cc3)CO[C@H]2c2ccc(O)cc2)cc1. The van der Waals surface area contributed by atoms with Crippen molar-refractivity contribution in [1.29, 1.82) is 0 Å². The van der Waals surface area contributed by atoms with Crippen molar-refractivity contribution < 1.29 is 25.2 Å². The zero-order valence-electron chi connectivity index (χ0n) is 17.7. The minimum Gasteiger partial charge on any atom is -0.508 e. The zero-order chi connectivity index (χ0) is 22.5. The summed E-state index contributed by atoms with van der Waals surface area (Å²) >= 11 is 0. The Morgan fingerprint density at radius 1 is 0.812 bits per heavy atom. The number of rotatable bonds is 6. The maximum absolute atomic E-state index is 10.9. The van der Waals surface area contributed by atoms with Gasteiger partial charge in [0.05, 0.1) is 18.8 Å². The molecule has 3 aromatic rings. The first-order valence-corrected chi connectivity index (χ1v) is 10.8. The summed E-state index contributed by atoms with van der Waals surface area (Å²) in [6.07, 6.45) is 4.83. The molecule has 0 spiro atoms. The maximum atomic E-state index is 10.9. The predicted molar refractivity (Wildman–Crippen MR) is 123 cm³/mol. The van der Waals surface area contributed by atoms with Crippen LogP contribution in [-0.4, -0.2) is 27.0 Å². The van der Waals surface area contributed by atoms with E-state index in [9.17, 15) is 20.4 Å². The second-order valence-corrected chi connectivity index (χ2v) is 8.37. The van der Waals surface area contributed by atoms with Crippen LogP contribution in [0.1, 0.15) is 41.7 Å². The van der Waals surface area contributed by atoms with E-state index < -0.39 is 6.10 Å². The van der Waals surface area contributed by atoms with Gasteiger partial charge in [0, 0.05) is 5.92 Å². The smallest absolute Gasteiger partial charge is 0.115 e. The predicted octanol–water partition coefficient (Wildman–Crippen LogP) is 5.33. The number of phenols is 3. The molecule has 0 bridgehead atoms. The Labute approximate surface area is 187 Å². The number of ether oxygens (including phenoxy) is 1. The average Bonchev–Trinajstić information content (AvgIpc) is 2.81. The van der Waals surface area contributed by atoms with Crippen LogP contribution in [0.3, 0.4) is 0 Å². The molecule has 5 nitrogen and oxygen atoms in total. The van der Waals surface area contributed by atoms with Crippen LogP contribution in [0.4, 0.5) is 0 Å². The molecule has 0 amide bonds. The Hall–Kier alpha value is -3.28. The van der Waals surface area contributed by atoms with Crippen molar-refractivity contribution in [2.75, 3.05) is 6.61 Å². The summed E-state index contributed by atoms with van der Waals surface area (Å²) in [6, 6.07) is 20.8. The Morgan fingerprint density at radius 2 is 1.38 bits per heavy atom. The van der Waals surface area contributed by atoms with Crippen molar-refractivity contribution in [1.82, 2.24) is 0 Å². The van der Waals surface area contributed by atoms with Crippen LogP contribution in [0.15, 0.2) is 78.9 Å². The van der Waals surface area contributed by atoms with E-state index in [1.165, 1.54) is 0 Å². The molecule has 1 heterocycles. The largest absolute Gasteiger partial charge is 0.508 e. The second kappa shape index (κ2) is 9.90. The second-order valence-electron chi connectivity index (χ2n) is 8.37. The van der Waals surface area contributed by atoms with Gasteiger partial charge in [0.1, 0.15) is 17.2 Å². The fourth-order valence-electron chi connectivity index (χ4n) is 4.32. The molecule has 32 heavy (non-hydrogen) atoms. The van der Waals surface area contributed by atoms with Crippen molar-refractivity contribution in [3.8, 4) is 17.2 Å². The van der Waals surface area contributed by atoms with Gasteiger partial charge in [-0.05, 0) is 71.8 Å². The highest BCUT2D eigenvalue weighted by atomic mass is 16.5. The summed E-state index contributed by atoms with van der Waals surface area (Å²) in [6.45, 7) is 0.422. The van der Waals surface area contributed by atoms with E-state index in [1.54, 1.807) is 48.5 Å². The van der Waals surface area contributed by atoms with E-state index in [-0.39, 0.29) is 35.2 Å². The third kappa shape index (κ3) is 5.31. The van der Waals surface area contributed by atoms with Gasteiger partial charge in [0.2, 0.25) is 0 Å². The molecule has 4 rings (SSSR count). The van der Waals surface area contributed by atoms with Gasteiger partial charge >= 0.3 is 0 Å². The molecular formula is C27H28O5. The Balaban J connectivity index is 1.51. The van der Waals surface area contributed by atoms with Gasteiger partial charge in [0.15, 0.2) is 0 Å². The first-order valence-electron chi connectivity index (χ1n) is 10.8. The normalized spacial score (nSPS) is 22.1. The third-order valence-electron chi connectivity index (χ3n) is 6.07. The van der Waals surface area contributed by atoms with Gasteiger partial charge in [0.25, 0.3) is 0 Å². The number of phenolic OH excluding ortho intramolecular Hbond substituents is 3. The summed E-state index contributed by atoms with van der Waals surface area (Å²) < 4.78 is 6.26. The Kier molecular flexibility index (Phi) is 6.78. The van der Waals surface area contributed by atoms with Gasteiger partial charge < -0.3 is 25.2 Å². The van der Waals surface area contributed by atoms with Crippen molar-refractivity contribution >= 4 is 6.08 Å². The molecule has 166 valence electrons. The molecule has 4 atom stereocenters. The maximum Gasteiger partial charge on any atom is 0.115 e. The molecule has 5 heteroatoms. The molecular weight excluding hydrogens is 404 g/mol. The number of aliphatic hydroxyl groups is 1. The van der Waals surface area contributed by atoms with Crippen molar-refractivity contribution in [2.45, 2.75) is 25.0 Å². The highest BCUT2D eigenvalue weighted by molar-refractivity contribution is 5.50. The number of allylic oxidation sites excluding steroid dienone is 1. The average molecular weight is 433 g/mol. The first-order chi connectivity index (χ1) is 15.5. The lowest BCUT2D eigenvalue weighted by molar-refractivity contribution is -0.0900. The molecule has 1 saturated heterocycles. The van der Waals surface area contributed by atoms with Crippen molar-refractivity contribution in [3.05, 3.63) is 95.6 Å². The molecule has 1 fully saturated rings. The Bertz CT molecular complexity index is 1030. The summed E-state index contributed by atoms with van der Waals surface area (Å²) in [5.41, 5.74) is 2.77. The highest BCUT2D eigenvalue weighted by Gasteiger charge is 2.35. The van der Waals surface area contributed by atoms with Gasteiger partial charge in [-0.2, -0.15) is 0 Å². The number of aliphatic hydroxyl groups excluding tert-OH is 1. The molecule has 1 aliphatic rings. The van der Waals surface area contributed by atoms with E-state index in [0.717, 1.165) is 29.5 Å². The van der Waals surface area contributed by atoms with Gasteiger partial charge in [-0.3, -0.25) is 0 Å². The highest BCUT2D eigenvalue weighted by Crippen LogP contribution is 2.42. The van der Waals surface area contributed by atoms with Gasteiger partial charge in [-0.1, -0.05) is 48.6 Å². The lowest BCUT2D eigenvalue weighted by atomic mass is 9.79. The molecule has 1 aliphatic heterocycles. The molecule has 2 unspecified atom stereocenters. The molecule has 0 aromatic heterocycles. The molecule has 0 radical (unpaired) electrons. The summed E-state index contributed by atoms with van der Waals surface area (Å²) in [5, 5.41) is 39.6. The fraction of sp³-hybridized carbons (Fsp3) is 0.259. The lowest BCUT2D eigenvalue weighted by Crippen LogP contribution is -2.32. The van der Waals surface area contributed by atoms with Crippen LogP contribution in [0.5, 0.6) is 17.2 Å². The zero-order valence-corrected chi connectivity index (χ0v) is 17.7. The van der Waals surface area contributed by atoms with Crippen LogP contribution in [0.25, 0.3) is 6.08 Å². The topological polar surface area (TPSA) is 90.2 Å². The quantitative estimate of drug-likeness (QED) is 0.422. The number of aromatic hydroxyl groups is 3. The third-order valence-corrected chi connectivity index (χ3v) is 6.07. The van der Waals surface area contributed by atoms with Crippen molar-refractivity contribution in [2.24, 2.45) is 11.8 Å². The van der Waals surface area contributed by atoms with E-state index in [4.69, 9.17) is 4.74 Å². The van der Waals surface area contributed by atoms with Crippen LogP contribution in [0.2, 0.25) is 0 Å². The fourth-order valence-corrected chi connectivity index (χ4v) is 4.32. The van der Waals surface area contributed by atoms with E-state index in [1.807, 2.05) is 30.3 Å². The molecule has 3 aromatic carbocycles. The van der Waals surface area contributed by atoms with E-state index >= 15 is 0 Å². The molecule has 0 saturated carbocycles. The number of hydrogen-bond acceptors (Lipinski definition) is 5. The number of benzene rings is 3. The van der Waals surface area contributed by atoms with E-state index in [0.29, 0.717) is 6.61 Å². The monoisotopic (exact) mass is 432 g/mol. The summed E-state index contributed by atoms with van der Waals surface area (Å²) in [5.74, 6) is 0.694.